The molecule has 0 atom stereocenters. The van der Waals surface area contributed by atoms with Crippen molar-refractivity contribution in [2.75, 3.05) is 0 Å². The molecule has 1 aromatic heterocycles. The monoisotopic (exact) mass is 193 g/mol. The Labute approximate surface area is 79.5 Å². The molecule has 1 N–H and O–H groups in total. The highest BCUT2D eigenvalue weighted by Gasteiger charge is 1.95. The van der Waals surface area contributed by atoms with E-state index >= 15 is 0 Å². The van der Waals surface area contributed by atoms with Gasteiger partial charge in [0.15, 0.2) is 6.19 Å². The van der Waals surface area contributed by atoms with Crippen molar-refractivity contribution < 1.29 is 4.79 Å². The number of thiazole rings is 1. The van der Waals surface area contributed by atoms with Gasteiger partial charge in [-0.05, 0) is 13.0 Å². The minimum absolute atomic E-state index is 0.437. The van der Waals surface area contributed by atoms with Crippen molar-refractivity contribution in [2.24, 2.45) is 0 Å². The molecule has 0 aromatic carbocycles. The Bertz CT molecular complexity index is 375. The predicted octanol–water partition coefficient (Wildman–Crippen LogP) is 1.06. The van der Waals surface area contributed by atoms with Crippen LogP contribution in [0.4, 0.5) is 0 Å². The Kier molecular flexibility index (Phi) is 3.17. The third kappa shape index (κ3) is 3.05. The molecule has 0 bridgehead atoms. The first-order valence-electron chi connectivity index (χ1n) is 3.51. The maximum atomic E-state index is 10.8. The summed E-state index contributed by atoms with van der Waals surface area (Å²) in [5.41, 5.74) is 0.732. The number of carbonyl (C=O) groups is 1. The number of amides is 1. The van der Waals surface area contributed by atoms with E-state index in [1.807, 2.05) is 17.6 Å². The summed E-state index contributed by atoms with van der Waals surface area (Å²) in [6, 6.07) is 0. The maximum absolute atomic E-state index is 10.8. The first-order chi connectivity index (χ1) is 6.22. The van der Waals surface area contributed by atoms with Crippen LogP contribution in [0.5, 0.6) is 0 Å². The van der Waals surface area contributed by atoms with E-state index in [2.05, 4.69) is 4.98 Å². The van der Waals surface area contributed by atoms with E-state index in [9.17, 15) is 4.79 Å². The smallest absolute Gasteiger partial charge is 0.257 e. The lowest BCUT2D eigenvalue weighted by Crippen LogP contribution is -2.13. The van der Waals surface area contributed by atoms with E-state index in [0.29, 0.717) is 0 Å². The lowest BCUT2D eigenvalue weighted by Gasteiger charge is -1.84. The molecule has 1 rings (SSSR count). The van der Waals surface area contributed by atoms with Gasteiger partial charge in [0.05, 0.1) is 10.7 Å². The zero-order valence-corrected chi connectivity index (χ0v) is 7.76. The standard InChI is InChI=1S/C8H7N3OS/c1-6-11-7(4-13-6)2-3-8(12)10-5-9/h2-4H,1H3,(H,10,12). The Morgan fingerprint density at radius 1 is 1.85 bits per heavy atom. The number of nitrogens with one attached hydrogen (secondary N) is 1. The van der Waals surface area contributed by atoms with Crippen molar-refractivity contribution in [2.45, 2.75) is 6.92 Å². The number of carbonyl (C=O) groups excluding carboxylic acids is 1. The summed E-state index contributed by atoms with van der Waals surface area (Å²) in [5.74, 6) is -0.437. The van der Waals surface area contributed by atoms with E-state index in [-0.39, 0.29) is 0 Å². The van der Waals surface area contributed by atoms with Crippen LogP contribution in [0.25, 0.3) is 6.08 Å². The van der Waals surface area contributed by atoms with Crippen LogP contribution < -0.4 is 5.32 Å². The third-order valence-electron chi connectivity index (χ3n) is 1.22. The van der Waals surface area contributed by atoms with E-state index in [1.54, 1.807) is 12.3 Å². The summed E-state index contributed by atoms with van der Waals surface area (Å²) < 4.78 is 0. The predicted molar refractivity (Wildman–Crippen MR) is 49.6 cm³/mol. The second-order valence-electron chi connectivity index (χ2n) is 2.23. The van der Waals surface area contributed by atoms with Gasteiger partial charge in [0.2, 0.25) is 0 Å². The molecule has 4 nitrogen and oxygen atoms in total. The van der Waals surface area contributed by atoms with Gasteiger partial charge in [-0.3, -0.25) is 10.1 Å². The summed E-state index contributed by atoms with van der Waals surface area (Å²) in [6.45, 7) is 1.89. The molecule has 1 heterocycles. The van der Waals surface area contributed by atoms with E-state index in [0.717, 1.165) is 10.7 Å². The van der Waals surface area contributed by atoms with Gasteiger partial charge in [0, 0.05) is 11.5 Å². The van der Waals surface area contributed by atoms with Crippen molar-refractivity contribution >= 4 is 23.3 Å². The number of rotatable bonds is 2. The molecule has 66 valence electrons. The highest BCUT2D eigenvalue weighted by Crippen LogP contribution is 2.08. The fourth-order valence-electron chi connectivity index (χ4n) is 0.715. The lowest BCUT2D eigenvalue weighted by molar-refractivity contribution is -0.115. The van der Waals surface area contributed by atoms with E-state index in [4.69, 9.17) is 5.26 Å². The Balaban J connectivity index is 2.59. The van der Waals surface area contributed by atoms with Gasteiger partial charge in [0.1, 0.15) is 0 Å². The minimum Gasteiger partial charge on any atom is -0.269 e. The summed E-state index contributed by atoms with van der Waals surface area (Å²) in [5, 5.41) is 12.9. The van der Waals surface area contributed by atoms with E-state index in [1.165, 1.54) is 17.4 Å². The summed E-state index contributed by atoms with van der Waals surface area (Å²) in [6.07, 6.45) is 4.38. The van der Waals surface area contributed by atoms with Crippen LogP contribution in [0.15, 0.2) is 11.5 Å². The molecular formula is C8H7N3OS. The van der Waals surface area contributed by atoms with Crippen LogP contribution in [-0.2, 0) is 4.79 Å². The molecule has 0 unspecified atom stereocenters. The highest BCUT2D eigenvalue weighted by molar-refractivity contribution is 7.09. The van der Waals surface area contributed by atoms with Crippen molar-refractivity contribution in [3.05, 3.63) is 22.2 Å². The van der Waals surface area contributed by atoms with Crippen molar-refractivity contribution in [1.82, 2.24) is 10.3 Å². The normalized spacial score (nSPS) is 9.85. The van der Waals surface area contributed by atoms with Crippen LogP contribution >= 0.6 is 11.3 Å². The molecule has 13 heavy (non-hydrogen) atoms. The molecule has 0 spiro atoms. The van der Waals surface area contributed by atoms with E-state index < -0.39 is 5.91 Å². The number of nitriles is 1. The maximum Gasteiger partial charge on any atom is 0.257 e. The van der Waals surface area contributed by atoms with Crippen LogP contribution in [0, 0.1) is 18.4 Å². The molecule has 1 aromatic rings. The first-order valence-corrected chi connectivity index (χ1v) is 4.39. The minimum atomic E-state index is -0.437. The molecule has 0 aliphatic carbocycles. The number of hydrogen-bond donors (Lipinski definition) is 1. The molecular weight excluding hydrogens is 186 g/mol. The molecule has 0 aliphatic heterocycles. The topological polar surface area (TPSA) is 65.8 Å². The second kappa shape index (κ2) is 4.38. The van der Waals surface area contributed by atoms with Crippen LogP contribution in [0.2, 0.25) is 0 Å². The molecule has 0 saturated heterocycles. The fourth-order valence-corrected chi connectivity index (χ4v) is 1.30. The average Bonchev–Trinajstić information content (AvgIpc) is 2.49. The second-order valence-corrected chi connectivity index (χ2v) is 3.29. The Hall–Kier alpha value is -1.67. The van der Waals surface area contributed by atoms with Crippen molar-refractivity contribution in [3.8, 4) is 6.19 Å². The Morgan fingerprint density at radius 3 is 3.15 bits per heavy atom. The summed E-state index contributed by atoms with van der Waals surface area (Å²) >= 11 is 1.51. The quantitative estimate of drug-likeness (QED) is 0.434. The van der Waals surface area contributed by atoms with Crippen molar-refractivity contribution in [3.63, 3.8) is 0 Å². The van der Waals surface area contributed by atoms with Crippen molar-refractivity contribution in [1.29, 1.82) is 5.26 Å². The zero-order valence-electron chi connectivity index (χ0n) is 6.94. The largest absolute Gasteiger partial charge is 0.269 e. The number of hydrogen-bond acceptors (Lipinski definition) is 4. The Morgan fingerprint density at radius 2 is 2.62 bits per heavy atom. The number of aryl methyl sites for hydroxylation is 1. The van der Waals surface area contributed by atoms with Crippen LogP contribution in [0.1, 0.15) is 10.7 Å². The van der Waals surface area contributed by atoms with Gasteiger partial charge < -0.3 is 0 Å². The van der Waals surface area contributed by atoms with Gasteiger partial charge in [-0.2, -0.15) is 5.26 Å². The number of nitrogens with zero attached hydrogens (tertiary/aromatic N) is 2. The first kappa shape index (κ1) is 9.42. The zero-order chi connectivity index (χ0) is 9.68. The molecule has 0 fully saturated rings. The van der Waals surface area contributed by atoms with Crippen LogP contribution in [0.3, 0.4) is 0 Å². The lowest BCUT2D eigenvalue weighted by atomic mass is 10.4. The molecule has 0 radical (unpaired) electrons. The molecule has 5 heteroatoms. The van der Waals surface area contributed by atoms with Gasteiger partial charge in [-0.1, -0.05) is 0 Å². The van der Waals surface area contributed by atoms with Crippen LogP contribution in [-0.4, -0.2) is 10.9 Å². The fraction of sp³-hybridized carbons (Fsp3) is 0.125. The SMILES string of the molecule is Cc1nc(C=CC(=O)NC#N)cs1. The summed E-state index contributed by atoms with van der Waals surface area (Å²) in [4.78, 5) is 14.9. The van der Waals surface area contributed by atoms with Gasteiger partial charge in [-0.25, -0.2) is 4.98 Å². The van der Waals surface area contributed by atoms with Gasteiger partial charge >= 0.3 is 0 Å². The summed E-state index contributed by atoms with van der Waals surface area (Å²) in [7, 11) is 0. The third-order valence-corrected chi connectivity index (χ3v) is 2.01. The molecule has 1 amide bonds. The highest BCUT2D eigenvalue weighted by atomic mass is 32.1. The van der Waals surface area contributed by atoms with Gasteiger partial charge in [0.25, 0.3) is 5.91 Å². The average molecular weight is 193 g/mol. The molecule has 0 aliphatic rings. The number of aromatic nitrogens is 1. The molecule has 0 saturated carbocycles. The van der Waals surface area contributed by atoms with Gasteiger partial charge in [-0.15, -0.1) is 11.3 Å².